The van der Waals surface area contributed by atoms with Crippen LogP contribution in [0.2, 0.25) is 0 Å². The second-order valence-corrected chi connectivity index (χ2v) is 13.4. The van der Waals surface area contributed by atoms with E-state index in [4.69, 9.17) is 0 Å². The Labute approximate surface area is 256 Å². The fraction of sp³-hybridized carbons (Fsp3) is 0.471. The molecule has 4 bridgehead atoms. The van der Waals surface area contributed by atoms with Crippen LogP contribution in [-0.2, 0) is 20.9 Å². The minimum atomic E-state index is -0.826. The van der Waals surface area contributed by atoms with Gasteiger partial charge in [0.05, 0.1) is 11.0 Å². The summed E-state index contributed by atoms with van der Waals surface area (Å²) < 4.78 is 0. The Morgan fingerprint density at radius 2 is 1.59 bits per heavy atom. The molecule has 2 aromatic rings. The summed E-state index contributed by atoms with van der Waals surface area (Å²) in [6.07, 6.45) is 11.6. The van der Waals surface area contributed by atoms with Crippen molar-refractivity contribution < 1.29 is 19.2 Å². The summed E-state index contributed by atoms with van der Waals surface area (Å²) in [6, 6.07) is 12.6. The van der Waals surface area contributed by atoms with Crippen LogP contribution in [0.5, 0.6) is 0 Å². The summed E-state index contributed by atoms with van der Waals surface area (Å²) in [5.41, 5.74) is 1.81. The lowest BCUT2D eigenvalue weighted by molar-refractivity contribution is -0.161. The van der Waals surface area contributed by atoms with Gasteiger partial charge in [-0.3, -0.25) is 25.0 Å². The highest BCUT2D eigenvalue weighted by Gasteiger charge is 2.56. The van der Waals surface area contributed by atoms with E-state index in [-0.39, 0.29) is 17.0 Å². The van der Waals surface area contributed by atoms with Gasteiger partial charge in [-0.25, -0.2) is 9.78 Å². The van der Waals surface area contributed by atoms with Gasteiger partial charge >= 0.3 is 6.03 Å². The largest absolute Gasteiger partial charge is 0.355 e. The Kier molecular flexibility index (Phi) is 7.19. The van der Waals surface area contributed by atoms with Crippen molar-refractivity contribution in [1.29, 1.82) is 5.26 Å². The first-order valence-corrected chi connectivity index (χ1v) is 15.7. The summed E-state index contributed by atoms with van der Waals surface area (Å²) >= 11 is 0. The summed E-state index contributed by atoms with van der Waals surface area (Å²) in [5.74, 6) is 1.56. The van der Waals surface area contributed by atoms with Gasteiger partial charge in [0.25, 0.3) is 11.8 Å². The first-order chi connectivity index (χ1) is 21.3. The summed E-state index contributed by atoms with van der Waals surface area (Å²) in [4.78, 5) is 59.2. The SMILES string of the molecule is N#Cc1cccnc1N1CCC(N(Cc2ccc(C=C3C(=O)NC(=O)NC3=O)cc2)C(=O)C23CC4CC(CC(C4)C2)C3)CC1. The number of barbiturate groups is 1. The number of aromatic nitrogens is 1. The van der Waals surface area contributed by atoms with Crippen molar-refractivity contribution in [2.24, 2.45) is 23.2 Å². The first kappa shape index (κ1) is 28.3. The molecule has 4 saturated carbocycles. The van der Waals surface area contributed by atoms with Crippen LogP contribution >= 0.6 is 0 Å². The van der Waals surface area contributed by atoms with Crippen molar-refractivity contribution in [3.63, 3.8) is 0 Å². The maximum absolute atomic E-state index is 14.7. The molecule has 6 fully saturated rings. The van der Waals surface area contributed by atoms with Crippen LogP contribution in [0.1, 0.15) is 68.1 Å². The maximum atomic E-state index is 14.7. The van der Waals surface area contributed by atoms with Crippen molar-refractivity contribution in [2.75, 3.05) is 18.0 Å². The Balaban J connectivity index is 1.12. The lowest BCUT2D eigenvalue weighted by Gasteiger charge is -2.57. The predicted octanol–water partition coefficient (Wildman–Crippen LogP) is 3.92. The van der Waals surface area contributed by atoms with Crippen molar-refractivity contribution in [3.05, 3.63) is 64.9 Å². The number of nitrogens with one attached hydrogen (secondary N) is 2. The van der Waals surface area contributed by atoms with Crippen molar-refractivity contribution in [3.8, 4) is 6.07 Å². The molecule has 5 amide bonds. The van der Waals surface area contributed by atoms with Gasteiger partial charge in [-0.2, -0.15) is 5.26 Å². The second kappa shape index (κ2) is 11.2. The lowest BCUT2D eigenvalue weighted by Crippen LogP contribution is -2.57. The van der Waals surface area contributed by atoms with E-state index in [0.29, 0.717) is 47.2 Å². The molecular weight excluding hydrogens is 556 g/mol. The Morgan fingerprint density at radius 3 is 2.18 bits per heavy atom. The highest BCUT2D eigenvalue weighted by Crippen LogP contribution is 2.60. The number of nitrogens with zero attached hydrogens (tertiary/aromatic N) is 4. The van der Waals surface area contributed by atoms with Crippen LogP contribution in [0.15, 0.2) is 48.2 Å². The number of imide groups is 2. The molecule has 8 rings (SSSR count). The molecule has 3 heterocycles. The average molecular weight is 593 g/mol. The quantitative estimate of drug-likeness (QED) is 0.383. The number of amides is 5. The number of pyridine rings is 1. The number of benzene rings is 1. The van der Waals surface area contributed by atoms with Crippen LogP contribution in [0.25, 0.3) is 6.08 Å². The Hall–Kier alpha value is -4.52. The molecule has 0 radical (unpaired) electrons. The molecule has 10 nitrogen and oxygen atoms in total. The van der Waals surface area contributed by atoms with E-state index in [1.807, 2.05) is 24.3 Å². The molecule has 2 saturated heterocycles. The summed E-state index contributed by atoms with van der Waals surface area (Å²) in [6.45, 7) is 1.94. The topological polar surface area (TPSA) is 136 Å². The normalized spacial score (nSPS) is 27.9. The van der Waals surface area contributed by atoms with Gasteiger partial charge in [0.2, 0.25) is 5.91 Å². The number of hydrogen-bond donors (Lipinski definition) is 2. The molecule has 0 unspecified atom stereocenters. The standard InChI is InChI=1S/C34H36N6O4/c35-19-26-2-1-9-36-29(26)39-10-7-27(8-11-39)40(32(43)34-16-23-12-24(17-34)14-25(13-23)18-34)20-22-5-3-21(4-6-22)15-28-30(41)37-33(44)38-31(28)42/h1-6,9,15,23-25,27H,7-8,10-14,16-18,20H2,(H2,37,38,41,42,44). The molecule has 1 aromatic heterocycles. The number of carbonyl (C=O) groups excluding carboxylic acids is 4. The van der Waals surface area contributed by atoms with Crippen molar-refractivity contribution in [1.82, 2.24) is 20.5 Å². The van der Waals surface area contributed by atoms with Gasteiger partial charge in [0, 0.05) is 31.9 Å². The fourth-order valence-electron chi connectivity index (χ4n) is 8.86. The number of anilines is 1. The van der Waals surface area contributed by atoms with Gasteiger partial charge in [0.15, 0.2) is 0 Å². The first-order valence-electron chi connectivity index (χ1n) is 15.7. The molecule has 4 aliphatic carbocycles. The lowest BCUT2D eigenvalue weighted by atomic mass is 9.49. The monoisotopic (exact) mass is 592 g/mol. The fourth-order valence-corrected chi connectivity index (χ4v) is 8.86. The number of piperidine rings is 1. The Morgan fingerprint density at radius 1 is 0.977 bits per heavy atom. The van der Waals surface area contributed by atoms with Crippen LogP contribution in [0, 0.1) is 34.5 Å². The number of urea groups is 1. The minimum absolute atomic E-state index is 0.0787. The van der Waals surface area contributed by atoms with Gasteiger partial charge < -0.3 is 9.80 Å². The zero-order valence-corrected chi connectivity index (χ0v) is 24.6. The predicted molar refractivity (Wildman–Crippen MR) is 161 cm³/mol. The van der Waals surface area contributed by atoms with E-state index in [1.54, 1.807) is 18.3 Å². The van der Waals surface area contributed by atoms with Crippen LogP contribution in [0.3, 0.4) is 0 Å². The third-order valence-corrected chi connectivity index (χ3v) is 10.5. The van der Waals surface area contributed by atoms with Gasteiger partial charge in [-0.15, -0.1) is 0 Å². The van der Waals surface area contributed by atoms with E-state index < -0.39 is 17.8 Å². The molecule has 2 N–H and O–H groups in total. The zero-order chi connectivity index (χ0) is 30.4. The Bertz CT molecular complexity index is 1530. The highest BCUT2D eigenvalue weighted by atomic mass is 16.2. The third-order valence-electron chi connectivity index (χ3n) is 10.5. The van der Waals surface area contributed by atoms with E-state index in [9.17, 15) is 24.4 Å². The van der Waals surface area contributed by atoms with Gasteiger partial charge in [-0.1, -0.05) is 24.3 Å². The molecule has 0 atom stereocenters. The van der Waals surface area contributed by atoms with Gasteiger partial charge in [0.1, 0.15) is 17.5 Å². The van der Waals surface area contributed by atoms with E-state index in [0.717, 1.165) is 50.8 Å². The third kappa shape index (κ3) is 5.25. The number of rotatable bonds is 6. The van der Waals surface area contributed by atoms with Crippen LogP contribution in [0.4, 0.5) is 10.6 Å². The molecule has 10 heteroatoms. The van der Waals surface area contributed by atoms with E-state index in [1.165, 1.54) is 25.3 Å². The summed E-state index contributed by atoms with van der Waals surface area (Å²) in [5, 5.41) is 13.8. The number of nitriles is 1. The van der Waals surface area contributed by atoms with E-state index in [2.05, 4.69) is 31.5 Å². The smallest absolute Gasteiger partial charge is 0.328 e. The molecular formula is C34H36N6O4. The summed E-state index contributed by atoms with van der Waals surface area (Å²) in [7, 11) is 0. The maximum Gasteiger partial charge on any atom is 0.328 e. The van der Waals surface area contributed by atoms with Crippen molar-refractivity contribution >= 4 is 35.6 Å². The molecule has 226 valence electrons. The molecule has 1 aromatic carbocycles. The number of hydrogen-bond acceptors (Lipinski definition) is 7. The van der Waals surface area contributed by atoms with Crippen molar-refractivity contribution in [2.45, 2.75) is 64.0 Å². The number of carbonyl (C=O) groups is 4. The molecule has 2 aliphatic heterocycles. The minimum Gasteiger partial charge on any atom is -0.355 e. The van der Waals surface area contributed by atoms with E-state index >= 15 is 0 Å². The molecule has 44 heavy (non-hydrogen) atoms. The highest BCUT2D eigenvalue weighted by molar-refractivity contribution is 6.31. The van der Waals surface area contributed by atoms with Crippen LogP contribution in [-0.4, -0.2) is 52.8 Å². The van der Waals surface area contributed by atoms with Crippen LogP contribution < -0.4 is 15.5 Å². The second-order valence-electron chi connectivity index (χ2n) is 13.4. The zero-order valence-electron chi connectivity index (χ0n) is 24.6. The average Bonchev–Trinajstić information content (AvgIpc) is 3.01. The van der Waals surface area contributed by atoms with Gasteiger partial charge in [-0.05, 0) is 98.5 Å². The molecule has 0 spiro atoms. The molecule has 6 aliphatic rings.